The number of carboxylic acid groups (broad SMARTS) is 1. The molecule has 1 rings (SSSR count). The predicted molar refractivity (Wildman–Crippen MR) is 74.2 cm³/mol. The molecule has 0 amide bonds. The van der Waals surface area contributed by atoms with Crippen LogP contribution in [0.4, 0.5) is 0 Å². The molecule has 0 bridgehead atoms. The van der Waals surface area contributed by atoms with Gasteiger partial charge >= 0.3 is 0 Å². The van der Waals surface area contributed by atoms with Crippen LogP contribution in [0.3, 0.4) is 0 Å². The molecule has 0 saturated carbocycles. The molecule has 0 spiro atoms. The fourth-order valence-corrected chi connectivity index (χ4v) is 1.33. The van der Waals surface area contributed by atoms with E-state index in [2.05, 4.69) is 29.0 Å². The smallest absolute Gasteiger partial charge is 0.243 e. The van der Waals surface area contributed by atoms with Crippen LogP contribution >= 0.6 is 0 Å². The number of carboxylic acids is 1. The minimum Gasteiger partial charge on any atom is -0.548 e. The third-order valence-corrected chi connectivity index (χ3v) is 2.46. The van der Waals surface area contributed by atoms with Crippen molar-refractivity contribution in [3.05, 3.63) is 18.7 Å². The molecule has 0 aromatic carbocycles. The maximum absolute atomic E-state index is 10.1. The van der Waals surface area contributed by atoms with E-state index in [-0.39, 0.29) is 5.96 Å². The predicted octanol–water partition coefficient (Wildman–Crippen LogP) is -2.55. The normalized spacial score (nSPS) is 11.2. The zero-order valence-electron chi connectivity index (χ0n) is 12.0. The Morgan fingerprint density at radius 1 is 1.50 bits per heavy atom. The van der Waals surface area contributed by atoms with Crippen LogP contribution < -0.4 is 26.9 Å². The number of aryl methyl sites for hydroxylation is 2. The Kier molecular flexibility index (Phi) is 8.77. The van der Waals surface area contributed by atoms with Crippen LogP contribution in [-0.4, -0.2) is 29.1 Å². The molecule has 0 saturated heterocycles. The fourth-order valence-electron chi connectivity index (χ4n) is 1.33. The minimum atomic E-state index is -1.25. The van der Waals surface area contributed by atoms with Crippen molar-refractivity contribution in [1.82, 2.24) is 4.57 Å². The van der Waals surface area contributed by atoms with E-state index in [1.165, 1.54) is 0 Å². The molecule has 8 heteroatoms. The summed E-state index contributed by atoms with van der Waals surface area (Å²) in [5, 5.41) is 10.1. The van der Waals surface area contributed by atoms with Gasteiger partial charge in [-0.05, 0) is 19.8 Å². The Hall–Kier alpha value is -2.09. The number of aliphatic imine (C=N–C) groups is 1. The Morgan fingerprint density at radius 2 is 2.15 bits per heavy atom. The van der Waals surface area contributed by atoms with Gasteiger partial charge in [-0.25, -0.2) is 9.13 Å². The van der Waals surface area contributed by atoms with Crippen molar-refractivity contribution >= 4 is 11.9 Å². The van der Waals surface area contributed by atoms with E-state index in [1.54, 1.807) is 0 Å². The molecule has 1 aromatic heterocycles. The van der Waals surface area contributed by atoms with E-state index in [0.29, 0.717) is 19.4 Å². The fraction of sp³-hybridized carbons (Fsp3) is 0.583. The van der Waals surface area contributed by atoms with E-state index in [1.807, 2.05) is 17.8 Å². The van der Waals surface area contributed by atoms with Crippen molar-refractivity contribution in [2.75, 3.05) is 6.54 Å². The second-order valence-electron chi connectivity index (χ2n) is 4.28. The van der Waals surface area contributed by atoms with Gasteiger partial charge in [0.05, 0.1) is 19.6 Å². The van der Waals surface area contributed by atoms with Crippen LogP contribution in [0, 0.1) is 0 Å². The van der Waals surface area contributed by atoms with Crippen LogP contribution in [0.2, 0.25) is 0 Å². The summed E-state index contributed by atoms with van der Waals surface area (Å²) in [5.74, 6) is -1.25. The lowest BCUT2D eigenvalue weighted by atomic mass is 10.2. The summed E-state index contributed by atoms with van der Waals surface area (Å²) in [6.07, 6.45) is 7.00. The average molecular weight is 284 g/mol. The molecule has 0 unspecified atom stereocenters. The standard InChI is InChI=1S/C6H14N4O2.C6H11N2/c7-4(5(11)12)2-1-3-10-6(8)9;1-3-8-5-4-7(2)6-8/h4H,1-3,7H2,(H,11,12)(H4,8,9,10);4-6H,3H2,1-2H3/q;+1/p-1/t4-;/m0./s1. The summed E-state index contributed by atoms with van der Waals surface area (Å²) >= 11 is 0. The molecule has 8 nitrogen and oxygen atoms in total. The topological polar surface area (TPSA) is 139 Å². The van der Waals surface area contributed by atoms with Crippen LogP contribution in [0.1, 0.15) is 19.8 Å². The number of nitrogens with two attached hydrogens (primary N) is 3. The number of hydrogen-bond acceptors (Lipinski definition) is 4. The lowest BCUT2D eigenvalue weighted by Crippen LogP contribution is -2.41. The van der Waals surface area contributed by atoms with Crippen molar-refractivity contribution in [2.45, 2.75) is 32.4 Å². The molecule has 114 valence electrons. The van der Waals surface area contributed by atoms with Gasteiger partial charge in [-0.2, -0.15) is 0 Å². The number of aliphatic carboxylic acids is 1. The van der Waals surface area contributed by atoms with Crippen LogP contribution in [0.5, 0.6) is 0 Å². The average Bonchev–Trinajstić information content (AvgIpc) is 2.80. The number of aromatic nitrogens is 2. The number of rotatable bonds is 6. The van der Waals surface area contributed by atoms with E-state index < -0.39 is 12.0 Å². The number of carbonyl (C=O) groups excluding carboxylic acids is 1. The second kappa shape index (κ2) is 9.79. The molecular formula is C12H24N6O2. The zero-order chi connectivity index (χ0) is 15.5. The van der Waals surface area contributed by atoms with Crippen LogP contribution in [0.25, 0.3) is 0 Å². The first-order chi connectivity index (χ1) is 9.36. The molecule has 0 aliphatic carbocycles. The van der Waals surface area contributed by atoms with Gasteiger partial charge in [0, 0.05) is 12.6 Å². The molecule has 1 heterocycles. The van der Waals surface area contributed by atoms with Gasteiger partial charge in [0.15, 0.2) is 5.96 Å². The van der Waals surface area contributed by atoms with Crippen molar-refractivity contribution in [2.24, 2.45) is 29.2 Å². The van der Waals surface area contributed by atoms with Gasteiger partial charge in [0.1, 0.15) is 12.4 Å². The van der Waals surface area contributed by atoms with E-state index in [0.717, 1.165) is 6.54 Å². The first-order valence-electron chi connectivity index (χ1n) is 6.39. The highest BCUT2D eigenvalue weighted by molar-refractivity contribution is 5.75. The molecule has 0 radical (unpaired) electrons. The highest BCUT2D eigenvalue weighted by Gasteiger charge is 2.01. The van der Waals surface area contributed by atoms with E-state index >= 15 is 0 Å². The van der Waals surface area contributed by atoms with Crippen molar-refractivity contribution in [3.63, 3.8) is 0 Å². The number of hydrogen-bond donors (Lipinski definition) is 3. The van der Waals surface area contributed by atoms with Gasteiger partial charge in [-0.1, -0.05) is 0 Å². The number of guanidine groups is 1. The lowest BCUT2D eigenvalue weighted by molar-refractivity contribution is -0.671. The van der Waals surface area contributed by atoms with Gasteiger partial charge in [0.25, 0.3) is 0 Å². The minimum absolute atomic E-state index is 0.00276. The summed E-state index contributed by atoms with van der Waals surface area (Å²) in [6, 6.07) is -0.931. The SMILES string of the molecule is CCn1cc[n+](C)c1.NC(N)=NCCC[C@H](N)C(=O)[O-]. The summed E-state index contributed by atoms with van der Waals surface area (Å²) in [5.41, 5.74) is 15.2. The van der Waals surface area contributed by atoms with Crippen LogP contribution in [-0.2, 0) is 18.4 Å². The Balaban J connectivity index is 0.000000388. The van der Waals surface area contributed by atoms with Crippen molar-refractivity contribution in [1.29, 1.82) is 0 Å². The molecule has 0 aliphatic heterocycles. The zero-order valence-corrected chi connectivity index (χ0v) is 12.0. The second-order valence-corrected chi connectivity index (χ2v) is 4.28. The van der Waals surface area contributed by atoms with E-state index in [4.69, 9.17) is 17.2 Å². The Labute approximate surface area is 118 Å². The molecule has 6 N–H and O–H groups in total. The first kappa shape index (κ1) is 17.9. The maximum atomic E-state index is 10.1. The first-order valence-corrected chi connectivity index (χ1v) is 6.39. The summed E-state index contributed by atoms with van der Waals surface area (Å²) in [4.78, 5) is 13.8. The van der Waals surface area contributed by atoms with Crippen LogP contribution in [0.15, 0.2) is 23.7 Å². The summed E-state index contributed by atoms with van der Waals surface area (Å²) < 4.78 is 4.16. The third-order valence-electron chi connectivity index (χ3n) is 2.46. The largest absolute Gasteiger partial charge is 0.548 e. The number of imidazole rings is 1. The summed E-state index contributed by atoms with van der Waals surface area (Å²) in [6.45, 7) is 3.57. The third kappa shape index (κ3) is 8.92. The monoisotopic (exact) mass is 284 g/mol. The number of nitrogens with zero attached hydrogens (tertiary/aromatic N) is 3. The molecule has 0 fully saturated rings. The van der Waals surface area contributed by atoms with E-state index in [9.17, 15) is 9.90 Å². The molecule has 0 aliphatic rings. The Morgan fingerprint density at radius 3 is 2.50 bits per heavy atom. The van der Waals surface area contributed by atoms with Crippen molar-refractivity contribution in [3.8, 4) is 0 Å². The van der Waals surface area contributed by atoms with Gasteiger partial charge in [-0.15, -0.1) is 0 Å². The highest BCUT2D eigenvalue weighted by atomic mass is 16.4. The van der Waals surface area contributed by atoms with Gasteiger partial charge in [-0.3, -0.25) is 4.99 Å². The maximum Gasteiger partial charge on any atom is 0.243 e. The lowest BCUT2D eigenvalue weighted by Gasteiger charge is -2.10. The summed E-state index contributed by atoms with van der Waals surface area (Å²) in [7, 11) is 2.02. The number of carbonyl (C=O) groups is 1. The molecule has 1 aromatic rings. The quantitative estimate of drug-likeness (QED) is 0.228. The molecular weight excluding hydrogens is 260 g/mol. The van der Waals surface area contributed by atoms with Gasteiger partial charge < -0.3 is 27.1 Å². The van der Waals surface area contributed by atoms with Crippen molar-refractivity contribution < 1.29 is 14.5 Å². The molecule has 20 heavy (non-hydrogen) atoms. The highest BCUT2D eigenvalue weighted by Crippen LogP contribution is 1.93. The van der Waals surface area contributed by atoms with Gasteiger partial charge in [0.2, 0.25) is 6.33 Å². The molecule has 1 atom stereocenters. The Bertz CT molecular complexity index is 425.